The first-order chi connectivity index (χ1) is 9.11. The Morgan fingerprint density at radius 2 is 2.32 bits per heavy atom. The number of amides is 1. The van der Waals surface area contributed by atoms with Crippen molar-refractivity contribution in [1.29, 1.82) is 0 Å². The summed E-state index contributed by atoms with van der Waals surface area (Å²) >= 11 is 0. The van der Waals surface area contributed by atoms with Crippen molar-refractivity contribution in [3.8, 4) is 0 Å². The van der Waals surface area contributed by atoms with E-state index in [1.165, 1.54) is 6.07 Å². The molecule has 0 spiro atoms. The summed E-state index contributed by atoms with van der Waals surface area (Å²) in [5.74, 6) is 0.614. The molecule has 1 saturated heterocycles. The van der Waals surface area contributed by atoms with Gasteiger partial charge in [-0.05, 0) is 12.5 Å². The Morgan fingerprint density at radius 1 is 1.53 bits per heavy atom. The van der Waals surface area contributed by atoms with Crippen LogP contribution in [-0.2, 0) is 4.79 Å². The maximum Gasteiger partial charge on any atom is 0.311 e. The summed E-state index contributed by atoms with van der Waals surface area (Å²) in [7, 11) is 1.69. The van der Waals surface area contributed by atoms with Crippen molar-refractivity contribution >= 4 is 23.2 Å². The number of carbonyl (C=O) groups excluding carboxylic acids is 1. The molecular formula is C11H15N5O3. The summed E-state index contributed by atoms with van der Waals surface area (Å²) in [4.78, 5) is 27.9. The van der Waals surface area contributed by atoms with Gasteiger partial charge in [0.15, 0.2) is 0 Å². The van der Waals surface area contributed by atoms with Gasteiger partial charge >= 0.3 is 5.69 Å². The minimum absolute atomic E-state index is 0.0843. The monoisotopic (exact) mass is 265 g/mol. The lowest BCUT2D eigenvalue weighted by atomic mass is 10.3. The van der Waals surface area contributed by atoms with Crippen LogP contribution < -0.4 is 15.5 Å². The quantitative estimate of drug-likeness (QED) is 0.604. The van der Waals surface area contributed by atoms with Crippen LogP contribution in [0.1, 0.15) is 6.42 Å². The van der Waals surface area contributed by atoms with Crippen molar-refractivity contribution in [1.82, 2.24) is 10.3 Å². The van der Waals surface area contributed by atoms with Gasteiger partial charge in [-0.3, -0.25) is 14.9 Å². The molecule has 19 heavy (non-hydrogen) atoms. The molecule has 0 aromatic carbocycles. The van der Waals surface area contributed by atoms with E-state index >= 15 is 0 Å². The number of hydrogen-bond donors (Lipinski definition) is 2. The predicted octanol–water partition coefficient (Wildman–Crippen LogP) is 0.358. The number of hydrogen-bond acceptors (Lipinski definition) is 6. The minimum Gasteiger partial charge on any atom is -0.373 e. The topological polar surface area (TPSA) is 100 Å². The zero-order chi connectivity index (χ0) is 13.8. The molecule has 0 saturated carbocycles. The fourth-order valence-corrected chi connectivity index (χ4v) is 1.94. The van der Waals surface area contributed by atoms with Gasteiger partial charge in [0.05, 0.1) is 11.5 Å². The zero-order valence-electron chi connectivity index (χ0n) is 10.5. The first-order valence-corrected chi connectivity index (χ1v) is 5.96. The molecule has 0 atom stereocenters. The molecule has 0 bridgehead atoms. The second-order valence-electron chi connectivity index (χ2n) is 4.17. The maximum atomic E-state index is 11.5. The SMILES string of the molecule is CNc1ccc([N+](=O)[O-])c(N2CCCNC(=O)C2)n1. The van der Waals surface area contributed by atoms with Crippen molar-refractivity contribution in [2.75, 3.05) is 36.9 Å². The fraction of sp³-hybridized carbons (Fsp3) is 0.455. The molecule has 2 N–H and O–H groups in total. The van der Waals surface area contributed by atoms with Gasteiger partial charge in [0, 0.05) is 26.2 Å². The van der Waals surface area contributed by atoms with E-state index in [2.05, 4.69) is 15.6 Å². The van der Waals surface area contributed by atoms with Crippen LogP contribution in [0, 0.1) is 10.1 Å². The van der Waals surface area contributed by atoms with Crippen LogP contribution >= 0.6 is 0 Å². The Hall–Kier alpha value is -2.38. The molecule has 0 unspecified atom stereocenters. The van der Waals surface area contributed by atoms with E-state index in [-0.39, 0.29) is 24.0 Å². The van der Waals surface area contributed by atoms with E-state index in [1.54, 1.807) is 18.0 Å². The lowest BCUT2D eigenvalue weighted by Gasteiger charge is -2.20. The van der Waals surface area contributed by atoms with Crippen LogP contribution in [0.2, 0.25) is 0 Å². The molecule has 8 heteroatoms. The number of nitrogens with one attached hydrogen (secondary N) is 2. The van der Waals surface area contributed by atoms with Crippen molar-refractivity contribution in [2.24, 2.45) is 0 Å². The molecule has 102 valence electrons. The van der Waals surface area contributed by atoms with Crippen LogP contribution in [0.25, 0.3) is 0 Å². The molecule has 0 radical (unpaired) electrons. The number of rotatable bonds is 3. The summed E-state index contributed by atoms with van der Waals surface area (Å²) < 4.78 is 0. The van der Waals surface area contributed by atoms with E-state index in [1.807, 2.05) is 0 Å². The number of nitrogens with zero attached hydrogens (tertiary/aromatic N) is 3. The van der Waals surface area contributed by atoms with Crippen LogP contribution in [0.15, 0.2) is 12.1 Å². The average molecular weight is 265 g/mol. The van der Waals surface area contributed by atoms with Gasteiger partial charge in [-0.25, -0.2) is 4.98 Å². The van der Waals surface area contributed by atoms with Gasteiger partial charge in [-0.15, -0.1) is 0 Å². The highest BCUT2D eigenvalue weighted by Crippen LogP contribution is 2.27. The van der Waals surface area contributed by atoms with Gasteiger partial charge in [0.1, 0.15) is 5.82 Å². The normalized spacial score (nSPS) is 15.6. The third-order valence-corrected chi connectivity index (χ3v) is 2.87. The highest BCUT2D eigenvalue weighted by molar-refractivity contribution is 5.82. The zero-order valence-corrected chi connectivity index (χ0v) is 10.5. The van der Waals surface area contributed by atoms with Gasteiger partial charge < -0.3 is 15.5 Å². The number of carbonyl (C=O) groups is 1. The third-order valence-electron chi connectivity index (χ3n) is 2.87. The lowest BCUT2D eigenvalue weighted by molar-refractivity contribution is -0.384. The fourth-order valence-electron chi connectivity index (χ4n) is 1.94. The van der Waals surface area contributed by atoms with Crippen molar-refractivity contribution in [3.63, 3.8) is 0 Å². The van der Waals surface area contributed by atoms with Crippen molar-refractivity contribution in [3.05, 3.63) is 22.2 Å². The standard InChI is InChI=1S/C11H15N5O3/c1-12-9-4-3-8(16(18)19)11(14-9)15-6-2-5-13-10(17)7-15/h3-4H,2,5-7H2,1H3,(H,12,14)(H,13,17). The Balaban J connectivity index is 2.39. The van der Waals surface area contributed by atoms with Gasteiger partial charge in [-0.1, -0.05) is 0 Å². The van der Waals surface area contributed by atoms with Crippen molar-refractivity contribution < 1.29 is 9.72 Å². The Kier molecular flexibility index (Phi) is 3.79. The van der Waals surface area contributed by atoms with Crippen LogP contribution in [0.3, 0.4) is 0 Å². The van der Waals surface area contributed by atoms with E-state index in [0.717, 1.165) is 6.42 Å². The maximum absolute atomic E-state index is 11.5. The molecule has 2 rings (SSSR count). The third kappa shape index (κ3) is 2.90. The second kappa shape index (κ2) is 5.51. The number of pyridine rings is 1. The summed E-state index contributed by atoms with van der Waals surface area (Å²) in [6, 6.07) is 2.94. The smallest absolute Gasteiger partial charge is 0.311 e. The van der Waals surface area contributed by atoms with Gasteiger partial charge in [0.2, 0.25) is 11.7 Å². The largest absolute Gasteiger partial charge is 0.373 e. The number of nitro groups is 1. The number of aromatic nitrogens is 1. The highest BCUT2D eigenvalue weighted by atomic mass is 16.6. The van der Waals surface area contributed by atoms with E-state index < -0.39 is 4.92 Å². The molecule has 1 amide bonds. The van der Waals surface area contributed by atoms with Gasteiger partial charge in [0.25, 0.3) is 0 Å². The summed E-state index contributed by atoms with van der Waals surface area (Å²) in [5.41, 5.74) is -0.0892. The van der Waals surface area contributed by atoms with Crippen LogP contribution in [0.4, 0.5) is 17.3 Å². The number of anilines is 2. The average Bonchev–Trinajstić information content (AvgIpc) is 2.62. The van der Waals surface area contributed by atoms with Crippen LogP contribution in [0.5, 0.6) is 0 Å². The second-order valence-corrected chi connectivity index (χ2v) is 4.17. The minimum atomic E-state index is -0.482. The predicted molar refractivity (Wildman–Crippen MR) is 70.3 cm³/mol. The molecule has 1 aliphatic rings. The summed E-state index contributed by atoms with van der Waals surface area (Å²) in [5, 5.41) is 16.6. The van der Waals surface area contributed by atoms with Crippen molar-refractivity contribution in [2.45, 2.75) is 6.42 Å². The van der Waals surface area contributed by atoms with E-state index in [4.69, 9.17) is 0 Å². The molecule has 2 heterocycles. The lowest BCUT2D eigenvalue weighted by Crippen LogP contribution is -2.34. The molecule has 0 aliphatic carbocycles. The van der Waals surface area contributed by atoms with E-state index in [9.17, 15) is 14.9 Å². The molecule has 1 aliphatic heterocycles. The summed E-state index contributed by atoms with van der Waals surface area (Å²) in [6.07, 6.45) is 0.731. The Labute approximate surface area is 110 Å². The first-order valence-electron chi connectivity index (χ1n) is 5.96. The first kappa shape index (κ1) is 13.1. The van der Waals surface area contributed by atoms with Gasteiger partial charge in [-0.2, -0.15) is 0 Å². The summed E-state index contributed by atoms with van der Waals surface area (Å²) in [6.45, 7) is 1.22. The van der Waals surface area contributed by atoms with E-state index in [0.29, 0.717) is 18.9 Å². The molecule has 1 fully saturated rings. The molecule has 8 nitrogen and oxygen atoms in total. The Bertz CT molecular complexity index is 505. The molecule has 1 aromatic rings. The Morgan fingerprint density at radius 3 is 3.00 bits per heavy atom. The van der Waals surface area contributed by atoms with Crippen LogP contribution in [-0.4, -0.2) is 42.5 Å². The highest BCUT2D eigenvalue weighted by Gasteiger charge is 2.24. The molecule has 1 aromatic heterocycles. The molecular weight excluding hydrogens is 250 g/mol.